The van der Waals surface area contributed by atoms with E-state index < -0.39 is 0 Å². The summed E-state index contributed by atoms with van der Waals surface area (Å²) in [6.07, 6.45) is 5.46. The highest BCUT2D eigenvalue weighted by Gasteiger charge is 2.09. The summed E-state index contributed by atoms with van der Waals surface area (Å²) in [6, 6.07) is 7.15. The topological polar surface area (TPSA) is 80.5 Å². The van der Waals surface area contributed by atoms with Crippen LogP contribution in [0, 0.1) is 6.92 Å². The number of fused-ring (bicyclic) bond motifs is 1. The third-order valence-corrected chi connectivity index (χ3v) is 3.40. The minimum atomic E-state index is -0.336. The van der Waals surface area contributed by atoms with Crippen LogP contribution in [0.5, 0.6) is 5.88 Å². The molecule has 3 aromatic heterocycles. The number of aromatic nitrogens is 3. The molecular weight excluding hydrogens is 306 g/mol. The van der Waals surface area contributed by atoms with E-state index in [-0.39, 0.29) is 6.03 Å². The minimum Gasteiger partial charge on any atom is -0.476 e. The number of carbonyl (C=O) groups excluding carboxylic acids is 1. The first-order valence-corrected chi connectivity index (χ1v) is 7.72. The van der Waals surface area contributed by atoms with Crippen molar-refractivity contribution >= 4 is 17.4 Å². The lowest BCUT2D eigenvalue weighted by Crippen LogP contribution is -2.28. The average molecular weight is 325 g/mol. The number of aryl methyl sites for hydroxylation is 1. The van der Waals surface area contributed by atoms with Gasteiger partial charge in [0.2, 0.25) is 5.88 Å². The van der Waals surface area contributed by atoms with E-state index in [1.807, 2.05) is 42.8 Å². The van der Waals surface area contributed by atoms with Crippen LogP contribution in [0.15, 0.2) is 42.9 Å². The van der Waals surface area contributed by atoms with Crippen LogP contribution in [0.3, 0.4) is 0 Å². The van der Waals surface area contributed by atoms with Crippen molar-refractivity contribution in [3.8, 4) is 5.88 Å². The van der Waals surface area contributed by atoms with Crippen LogP contribution in [0.25, 0.3) is 5.65 Å². The van der Waals surface area contributed by atoms with E-state index in [0.29, 0.717) is 24.7 Å². The number of carbonyl (C=O) groups is 1. The molecular formula is C17H19N5O2. The van der Waals surface area contributed by atoms with Crippen molar-refractivity contribution in [2.24, 2.45) is 0 Å². The van der Waals surface area contributed by atoms with Crippen molar-refractivity contribution in [3.05, 3.63) is 54.1 Å². The molecule has 24 heavy (non-hydrogen) atoms. The molecule has 0 atom stereocenters. The Hall–Kier alpha value is -3.09. The van der Waals surface area contributed by atoms with E-state index in [1.165, 1.54) is 0 Å². The van der Waals surface area contributed by atoms with Crippen LogP contribution in [0.1, 0.15) is 18.2 Å². The maximum atomic E-state index is 12.1. The van der Waals surface area contributed by atoms with Crippen molar-refractivity contribution in [2.45, 2.75) is 20.4 Å². The molecule has 0 aliphatic rings. The van der Waals surface area contributed by atoms with Crippen molar-refractivity contribution in [1.82, 2.24) is 19.7 Å². The van der Waals surface area contributed by atoms with Gasteiger partial charge in [-0.2, -0.15) is 0 Å². The maximum Gasteiger partial charge on any atom is 0.319 e. The number of nitrogens with zero attached hydrogens (tertiary/aromatic N) is 3. The van der Waals surface area contributed by atoms with E-state index >= 15 is 0 Å². The Kier molecular flexibility index (Phi) is 4.60. The van der Waals surface area contributed by atoms with E-state index in [0.717, 1.165) is 16.9 Å². The highest BCUT2D eigenvalue weighted by molar-refractivity contribution is 5.90. The zero-order valence-corrected chi connectivity index (χ0v) is 13.6. The van der Waals surface area contributed by atoms with Crippen molar-refractivity contribution in [3.63, 3.8) is 0 Å². The number of amides is 2. The fourth-order valence-corrected chi connectivity index (χ4v) is 2.30. The molecule has 3 aromatic rings. The number of nitrogens with one attached hydrogen (secondary N) is 2. The largest absolute Gasteiger partial charge is 0.476 e. The van der Waals surface area contributed by atoms with E-state index in [2.05, 4.69) is 20.6 Å². The van der Waals surface area contributed by atoms with Crippen LogP contribution in [-0.4, -0.2) is 27.0 Å². The summed E-state index contributed by atoms with van der Waals surface area (Å²) < 4.78 is 7.31. The Morgan fingerprint density at radius 2 is 2.25 bits per heavy atom. The molecule has 3 heterocycles. The zero-order valence-electron chi connectivity index (χ0n) is 13.6. The summed E-state index contributed by atoms with van der Waals surface area (Å²) in [5.41, 5.74) is 3.32. The van der Waals surface area contributed by atoms with Gasteiger partial charge in [-0.25, -0.2) is 14.8 Å². The van der Waals surface area contributed by atoms with Gasteiger partial charge in [0.25, 0.3) is 0 Å². The molecule has 0 aliphatic heterocycles. The number of pyridine rings is 2. The quantitative estimate of drug-likeness (QED) is 0.756. The van der Waals surface area contributed by atoms with Gasteiger partial charge in [-0.3, -0.25) is 0 Å². The molecule has 2 N–H and O–H groups in total. The first-order chi connectivity index (χ1) is 11.7. The second-order valence-corrected chi connectivity index (χ2v) is 5.30. The molecule has 7 nitrogen and oxygen atoms in total. The summed E-state index contributed by atoms with van der Waals surface area (Å²) in [7, 11) is 0. The van der Waals surface area contributed by atoms with Gasteiger partial charge in [0.1, 0.15) is 11.3 Å². The Balaban J connectivity index is 1.62. The molecule has 0 radical (unpaired) electrons. The van der Waals surface area contributed by atoms with Gasteiger partial charge in [-0.05, 0) is 43.7 Å². The summed E-state index contributed by atoms with van der Waals surface area (Å²) in [4.78, 5) is 20.7. The van der Waals surface area contributed by atoms with E-state index in [4.69, 9.17) is 4.74 Å². The molecule has 2 amide bonds. The van der Waals surface area contributed by atoms with Crippen molar-refractivity contribution in [1.29, 1.82) is 0 Å². The van der Waals surface area contributed by atoms with Gasteiger partial charge in [-0.15, -0.1) is 0 Å². The monoisotopic (exact) mass is 325 g/mol. The number of urea groups is 1. The van der Waals surface area contributed by atoms with Gasteiger partial charge in [0.15, 0.2) is 0 Å². The van der Waals surface area contributed by atoms with Gasteiger partial charge >= 0.3 is 6.03 Å². The normalized spacial score (nSPS) is 10.6. The van der Waals surface area contributed by atoms with Gasteiger partial charge < -0.3 is 19.8 Å². The predicted octanol–water partition coefficient (Wildman–Crippen LogP) is 2.76. The van der Waals surface area contributed by atoms with Crippen molar-refractivity contribution < 1.29 is 9.53 Å². The first kappa shape index (κ1) is 15.8. The lowest BCUT2D eigenvalue weighted by atomic mass is 10.3. The Morgan fingerprint density at radius 1 is 1.38 bits per heavy atom. The summed E-state index contributed by atoms with van der Waals surface area (Å²) in [6.45, 7) is 4.69. The molecule has 0 bridgehead atoms. The maximum absolute atomic E-state index is 12.1. The Labute approximate surface area is 139 Å². The van der Waals surface area contributed by atoms with Crippen LogP contribution < -0.4 is 15.4 Å². The third kappa shape index (κ3) is 3.62. The SMILES string of the molecule is CCOc1ncccc1NC(=O)NCc1cn2ccc(C)cc2n1. The molecule has 0 saturated heterocycles. The molecule has 0 aliphatic carbocycles. The van der Waals surface area contributed by atoms with Crippen molar-refractivity contribution in [2.75, 3.05) is 11.9 Å². The smallest absolute Gasteiger partial charge is 0.319 e. The third-order valence-electron chi connectivity index (χ3n) is 3.40. The number of anilines is 1. The molecule has 7 heteroatoms. The lowest BCUT2D eigenvalue weighted by molar-refractivity contribution is 0.251. The fraction of sp³-hybridized carbons (Fsp3) is 0.235. The second kappa shape index (κ2) is 6.99. The molecule has 0 aromatic carbocycles. The minimum absolute atomic E-state index is 0.330. The highest BCUT2D eigenvalue weighted by Crippen LogP contribution is 2.20. The molecule has 0 spiro atoms. The van der Waals surface area contributed by atoms with Gasteiger partial charge in [0.05, 0.1) is 18.8 Å². The van der Waals surface area contributed by atoms with Gasteiger partial charge in [-0.1, -0.05) is 0 Å². The molecule has 3 rings (SSSR count). The van der Waals surface area contributed by atoms with Crippen LogP contribution in [0.4, 0.5) is 10.5 Å². The molecule has 124 valence electrons. The van der Waals surface area contributed by atoms with E-state index in [1.54, 1.807) is 18.3 Å². The highest BCUT2D eigenvalue weighted by atomic mass is 16.5. The number of rotatable bonds is 5. The fourth-order valence-electron chi connectivity index (χ4n) is 2.30. The van der Waals surface area contributed by atoms with Crippen LogP contribution in [-0.2, 0) is 6.54 Å². The lowest BCUT2D eigenvalue weighted by Gasteiger charge is -2.10. The number of ether oxygens (including phenoxy) is 1. The summed E-state index contributed by atoms with van der Waals surface area (Å²) in [5.74, 6) is 0.401. The van der Waals surface area contributed by atoms with Gasteiger partial charge in [0, 0.05) is 18.6 Å². The molecule has 0 fully saturated rings. The number of hydrogen-bond donors (Lipinski definition) is 2. The van der Waals surface area contributed by atoms with Crippen LogP contribution >= 0.6 is 0 Å². The zero-order chi connectivity index (χ0) is 16.9. The molecule has 0 saturated carbocycles. The predicted molar refractivity (Wildman–Crippen MR) is 91.2 cm³/mol. The second-order valence-electron chi connectivity index (χ2n) is 5.30. The molecule has 0 unspecified atom stereocenters. The van der Waals surface area contributed by atoms with Crippen LogP contribution in [0.2, 0.25) is 0 Å². The van der Waals surface area contributed by atoms with E-state index in [9.17, 15) is 4.79 Å². The number of hydrogen-bond acceptors (Lipinski definition) is 4. The Morgan fingerprint density at radius 3 is 3.08 bits per heavy atom. The Bertz CT molecular complexity index is 859. The standard InChI is InChI=1S/C17H19N5O2/c1-3-24-16-14(5-4-7-18-16)21-17(23)19-10-13-11-22-8-6-12(2)9-15(22)20-13/h4-9,11H,3,10H2,1-2H3,(H2,19,21,23). The summed E-state index contributed by atoms with van der Waals surface area (Å²) in [5, 5.41) is 5.52. The summed E-state index contributed by atoms with van der Waals surface area (Å²) >= 11 is 0. The first-order valence-electron chi connectivity index (χ1n) is 7.72. The number of imidazole rings is 1. The average Bonchev–Trinajstić information content (AvgIpc) is 2.97.